The predicted molar refractivity (Wildman–Crippen MR) is 84.7 cm³/mol. The third-order valence-electron chi connectivity index (χ3n) is 3.64. The lowest BCUT2D eigenvalue weighted by atomic mass is 10.3. The molecule has 0 saturated carbocycles. The third-order valence-corrected chi connectivity index (χ3v) is 5.50. The van der Waals surface area contributed by atoms with E-state index in [4.69, 9.17) is 5.11 Å². The van der Waals surface area contributed by atoms with E-state index in [-0.39, 0.29) is 17.3 Å². The molecule has 1 aliphatic heterocycles. The SMILES string of the molecule is CCCN(CC(=O)O)S(=O)(=O)c1ccc(N2CCCC2=O)cc1. The molecular weight excluding hydrogens is 320 g/mol. The largest absolute Gasteiger partial charge is 0.480 e. The maximum atomic E-state index is 12.5. The molecular formula is C15H20N2O5S. The number of anilines is 1. The number of aliphatic carboxylic acids is 1. The Hall–Kier alpha value is -1.93. The number of sulfonamides is 1. The molecule has 0 radical (unpaired) electrons. The van der Waals surface area contributed by atoms with Crippen molar-refractivity contribution >= 4 is 27.6 Å². The van der Waals surface area contributed by atoms with Crippen LogP contribution in [0.15, 0.2) is 29.2 Å². The molecule has 7 nitrogen and oxygen atoms in total. The van der Waals surface area contributed by atoms with Crippen LogP contribution in [0.5, 0.6) is 0 Å². The van der Waals surface area contributed by atoms with Crippen LogP contribution in [-0.2, 0) is 19.6 Å². The van der Waals surface area contributed by atoms with E-state index in [1.807, 2.05) is 0 Å². The van der Waals surface area contributed by atoms with Gasteiger partial charge < -0.3 is 10.0 Å². The average molecular weight is 340 g/mol. The van der Waals surface area contributed by atoms with E-state index in [1.54, 1.807) is 24.0 Å². The number of carbonyl (C=O) groups is 2. The number of benzene rings is 1. The molecule has 1 aliphatic rings. The van der Waals surface area contributed by atoms with Gasteiger partial charge in [-0.3, -0.25) is 9.59 Å². The minimum Gasteiger partial charge on any atom is -0.480 e. The fourth-order valence-electron chi connectivity index (χ4n) is 2.55. The van der Waals surface area contributed by atoms with Crippen molar-refractivity contribution in [3.05, 3.63) is 24.3 Å². The zero-order valence-corrected chi connectivity index (χ0v) is 13.8. The van der Waals surface area contributed by atoms with Gasteiger partial charge in [0.15, 0.2) is 0 Å². The van der Waals surface area contributed by atoms with Crippen LogP contribution in [0.25, 0.3) is 0 Å². The maximum absolute atomic E-state index is 12.5. The summed E-state index contributed by atoms with van der Waals surface area (Å²) in [6.45, 7) is 1.99. The summed E-state index contributed by atoms with van der Waals surface area (Å²) in [6, 6.07) is 6.00. The van der Waals surface area contributed by atoms with Gasteiger partial charge in [0.2, 0.25) is 15.9 Å². The fraction of sp³-hybridized carbons (Fsp3) is 0.467. The molecule has 1 N–H and O–H groups in total. The second-order valence-electron chi connectivity index (χ2n) is 5.38. The van der Waals surface area contributed by atoms with Crippen molar-refractivity contribution < 1.29 is 23.1 Å². The van der Waals surface area contributed by atoms with Gasteiger partial charge in [-0.25, -0.2) is 8.42 Å². The summed E-state index contributed by atoms with van der Waals surface area (Å²) in [6.07, 6.45) is 1.82. The molecule has 1 saturated heterocycles. The normalized spacial score (nSPS) is 15.4. The first-order valence-corrected chi connectivity index (χ1v) is 8.92. The van der Waals surface area contributed by atoms with Crippen molar-refractivity contribution in [1.29, 1.82) is 0 Å². The molecule has 0 atom stereocenters. The number of nitrogens with zero attached hydrogens (tertiary/aromatic N) is 2. The Bertz CT molecular complexity index is 684. The van der Waals surface area contributed by atoms with E-state index in [1.165, 1.54) is 12.1 Å². The minimum absolute atomic E-state index is 0.0269. The summed E-state index contributed by atoms with van der Waals surface area (Å²) in [5.74, 6) is -1.17. The molecule has 8 heteroatoms. The predicted octanol–water partition coefficient (Wildman–Crippen LogP) is 1.30. The van der Waals surface area contributed by atoms with Crippen LogP contribution in [0.3, 0.4) is 0 Å². The number of hydrogen-bond donors (Lipinski definition) is 1. The molecule has 1 aromatic carbocycles. The Kier molecular flexibility index (Phi) is 5.38. The lowest BCUT2D eigenvalue weighted by molar-refractivity contribution is -0.137. The molecule has 1 amide bonds. The number of carbonyl (C=O) groups excluding carboxylic acids is 1. The van der Waals surface area contributed by atoms with Crippen molar-refractivity contribution in [3.8, 4) is 0 Å². The number of hydrogen-bond acceptors (Lipinski definition) is 4. The minimum atomic E-state index is -3.86. The summed E-state index contributed by atoms with van der Waals surface area (Å²) in [5.41, 5.74) is 0.659. The first-order valence-electron chi connectivity index (χ1n) is 7.48. The van der Waals surface area contributed by atoms with Crippen molar-refractivity contribution in [2.45, 2.75) is 31.1 Å². The molecule has 0 aliphatic carbocycles. The van der Waals surface area contributed by atoms with E-state index >= 15 is 0 Å². The quantitative estimate of drug-likeness (QED) is 0.807. The van der Waals surface area contributed by atoms with Gasteiger partial charge in [0.05, 0.1) is 4.90 Å². The lowest BCUT2D eigenvalue weighted by Crippen LogP contribution is -2.36. The van der Waals surface area contributed by atoms with Crippen LogP contribution in [0.4, 0.5) is 5.69 Å². The molecule has 2 rings (SSSR count). The second kappa shape index (κ2) is 7.10. The van der Waals surface area contributed by atoms with Crippen LogP contribution in [0, 0.1) is 0 Å². The van der Waals surface area contributed by atoms with Crippen molar-refractivity contribution in [2.24, 2.45) is 0 Å². The summed E-state index contributed by atoms with van der Waals surface area (Å²) < 4.78 is 26.0. The number of rotatable bonds is 7. The van der Waals surface area contributed by atoms with Gasteiger partial charge in [-0.05, 0) is 37.1 Å². The highest BCUT2D eigenvalue weighted by Gasteiger charge is 2.27. The van der Waals surface area contributed by atoms with Gasteiger partial charge in [0.25, 0.3) is 0 Å². The summed E-state index contributed by atoms with van der Waals surface area (Å²) >= 11 is 0. The molecule has 1 aromatic rings. The van der Waals surface area contributed by atoms with E-state index in [0.717, 1.165) is 10.7 Å². The van der Waals surface area contributed by atoms with Gasteiger partial charge in [-0.2, -0.15) is 4.31 Å². The summed E-state index contributed by atoms with van der Waals surface area (Å²) in [5, 5.41) is 8.89. The maximum Gasteiger partial charge on any atom is 0.318 e. The van der Waals surface area contributed by atoms with E-state index in [0.29, 0.717) is 25.1 Å². The Morgan fingerprint density at radius 1 is 1.30 bits per heavy atom. The zero-order chi connectivity index (χ0) is 17.0. The summed E-state index contributed by atoms with van der Waals surface area (Å²) in [4.78, 5) is 24.2. The Morgan fingerprint density at radius 2 is 1.96 bits per heavy atom. The molecule has 0 bridgehead atoms. The van der Waals surface area contributed by atoms with Crippen molar-refractivity contribution in [3.63, 3.8) is 0 Å². The smallest absolute Gasteiger partial charge is 0.318 e. The van der Waals surface area contributed by atoms with Gasteiger partial charge in [0.1, 0.15) is 6.54 Å². The van der Waals surface area contributed by atoms with Crippen LogP contribution in [-0.4, -0.2) is 49.3 Å². The Balaban J connectivity index is 2.25. The molecule has 23 heavy (non-hydrogen) atoms. The van der Waals surface area contributed by atoms with Crippen LogP contribution in [0.2, 0.25) is 0 Å². The molecule has 0 aromatic heterocycles. The number of amides is 1. The Morgan fingerprint density at radius 3 is 2.43 bits per heavy atom. The number of carboxylic acid groups (broad SMARTS) is 1. The van der Waals surface area contributed by atoms with Crippen LogP contribution >= 0.6 is 0 Å². The Labute approximate surface area is 135 Å². The van der Waals surface area contributed by atoms with Crippen LogP contribution < -0.4 is 4.90 Å². The second-order valence-corrected chi connectivity index (χ2v) is 7.31. The highest BCUT2D eigenvalue weighted by Crippen LogP contribution is 2.24. The molecule has 0 unspecified atom stereocenters. The number of carboxylic acids is 1. The van der Waals surface area contributed by atoms with Crippen molar-refractivity contribution in [2.75, 3.05) is 24.5 Å². The van der Waals surface area contributed by atoms with Gasteiger partial charge in [-0.15, -0.1) is 0 Å². The highest BCUT2D eigenvalue weighted by molar-refractivity contribution is 7.89. The van der Waals surface area contributed by atoms with Crippen LogP contribution in [0.1, 0.15) is 26.2 Å². The highest BCUT2D eigenvalue weighted by atomic mass is 32.2. The third kappa shape index (κ3) is 3.89. The molecule has 0 spiro atoms. The lowest BCUT2D eigenvalue weighted by Gasteiger charge is -2.20. The fourth-order valence-corrected chi connectivity index (χ4v) is 4.03. The average Bonchev–Trinajstić information content (AvgIpc) is 2.92. The zero-order valence-electron chi connectivity index (χ0n) is 12.9. The molecule has 1 heterocycles. The topological polar surface area (TPSA) is 95.0 Å². The molecule has 1 fully saturated rings. The first kappa shape index (κ1) is 17.4. The van der Waals surface area contributed by atoms with Gasteiger partial charge >= 0.3 is 5.97 Å². The summed E-state index contributed by atoms with van der Waals surface area (Å²) in [7, 11) is -3.86. The van der Waals surface area contributed by atoms with E-state index < -0.39 is 22.5 Å². The molecule has 126 valence electrons. The van der Waals surface area contributed by atoms with E-state index in [2.05, 4.69) is 0 Å². The van der Waals surface area contributed by atoms with Crippen molar-refractivity contribution in [1.82, 2.24) is 4.31 Å². The monoisotopic (exact) mass is 340 g/mol. The standard InChI is InChI=1S/C15H20N2O5S/c1-2-9-16(11-15(19)20)23(21,22)13-7-5-12(6-8-13)17-10-3-4-14(17)18/h5-8H,2-4,9-11H2,1H3,(H,19,20). The van der Waals surface area contributed by atoms with Gasteiger partial charge in [0, 0.05) is 25.2 Å². The first-order chi connectivity index (χ1) is 10.9. The van der Waals surface area contributed by atoms with E-state index in [9.17, 15) is 18.0 Å². The van der Waals surface area contributed by atoms with Gasteiger partial charge in [-0.1, -0.05) is 6.92 Å².